The van der Waals surface area contributed by atoms with Crippen molar-refractivity contribution in [2.24, 2.45) is 0 Å². The number of hydrogen-bond donors (Lipinski definition) is 2. The zero-order valence-electron chi connectivity index (χ0n) is 13.5. The van der Waals surface area contributed by atoms with Crippen LogP contribution in [0.2, 0.25) is 0 Å². The van der Waals surface area contributed by atoms with Crippen molar-refractivity contribution in [3.8, 4) is 5.69 Å². The van der Waals surface area contributed by atoms with Crippen LogP contribution in [-0.4, -0.2) is 32.8 Å². The summed E-state index contributed by atoms with van der Waals surface area (Å²) in [6.45, 7) is 3.24. The predicted octanol–water partition coefficient (Wildman–Crippen LogP) is 2.01. The molecule has 6 nitrogen and oxygen atoms in total. The molecule has 7 heteroatoms. The zero-order chi connectivity index (χ0) is 17.4. The molecule has 126 valence electrons. The molecule has 24 heavy (non-hydrogen) atoms. The van der Waals surface area contributed by atoms with Gasteiger partial charge in [-0.2, -0.15) is 5.10 Å². The number of carboxylic acid groups (broad SMARTS) is 1. The van der Waals surface area contributed by atoms with Crippen molar-refractivity contribution in [3.05, 3.63) is 46.5 Å². The van der Waals surface area contributed by atoms with Crippen LogP contribution >= 0.6 is 0 Å². The highest BCUT2D eigenvalue weighted by Gasteiger charge is 2.29. The fourth-order valence-corrected chi connectivity index (χ4v) is 2.93. The standard InChI is InChI=1S/C17H18FN3O3/c1-9-6-7-12(18)14(8-9)21-13-5-3-4-11(13)15(20-21)16(22)19-10(2)17(23)24/h6-8,10H,3-5H2,1-2H3,(H,19,22)(H,23,24). The average molecular weight is 331 g/mol. The first-order valence-electron chi connectivity index (χ1n) is 7.79. The van der Waals surface area contributed by atoms with Crippen LogP contribution in [0.25, 0.3) is 5.69 Å². The van der Waals surface area contributed by atoms with E-state index in [1.807, 2.05) is 6.92 Å². The number of aromatic nitrogens is 2. The number of amides is 1. The van der Waals surface area contributed by atoms with Gasteiger partial charge in [-0.25, -0.2) is 9.07 Å². The Hall–Kier alpha value is -2.70. The van der Waals surface area contributed by atoms with Crippen LogP contribution in [0.15, 0.2) is 18.2 Å². The minimum absolute atomic E-state index is 0.177. The first-order chi connectivity index (χ1) is 11.4. The molecule has 0 spiro atoms. The average Bonchev–Trinajstić information content (AvgIpc) is 3.11. The second-order valence-corrected chi connectivity index (χ2v) is 6.03. The second kappa shape index (κ2) is 6.07. The SMILES string of the molecule is Cc1ccc(F)c(-n2nc(C(=O)NC(C)C(=O)O)c3c2CCC3)c1. The van der Waals surface area contributed by atoms with E-state index in [1.54, 1.807) is 12.1 Å². The van der Waals surface area contributed by atoms with Crippen molar-refractivity contribution in [3.63, 3.8) is 0 Å². The molecule has 1 aliphatic carbocycles. The molecule has 0 saturated carbocycles. The van der Waals surface area contributed by atoms with Gasteiger partial charge in [-0.3, -0.25) is 9.59 Å². The van der Waals surface area contributed by atoms with Gasteiger partial charge < -0.3 is 10.4 Å². The first kappa shape index (κ1) is 16.2. The van der Waals surface area contributed by atoms with E-state index in [-0.39, 0.29) is 5.69 Å². The summed E-state index contributed by atoms with van der Waals surface area (Å²) in [5, 5.41) is 15.6. The number of nitrogens with one attached hydrogen (secondary N) is 1. The van der Waals surface area contributed by atoms with Crippen LogP contribution < -0.4 is 5.32 Å². The van der Waals surface area contributed by atoms with Crippen LogP contribution in [-0.2, 0) is 17.6 Å². The Balaban J connectivity index is 2.03. The van der Waals surface area contributed by atoms with Gasteiger partial charge in [0.05, 0.1) is 0 Å². The van der Waals surface area contributed by atoms with Crippen LogP contribution in [0.5, 0.6) is 0 Å². The normalized spacial score (nSPS) is 14.3. The molecular formula is C17H18FN3O3. The molecule has 0 aliphatic heterocycles. The minimum Gasteiger partial charge on any atom is -0.480 e. The largest absolute Gasteiger partial charge is 0.480 e. The van der Waals surface area contributed by atoms with E-state index >= 15 is 0 Å². The van der Waals surface area contributed by atoms with Crippen LogP contribution in [0, 0.1) is 12.7 Å². The molecule has 2 N–H and O–H groups in total. The van der Waals surface area contributed by atoms with Crippen LogP contribution in [0.1, 0.15) is 40.7 Å². The highest BCUT2D eigenvalue weighted by molar-refractivity contribution is 5.96. The Morgan fingerprint density at radius 3 is 2.83 bits per heavy atom. The van der Waals surface area contributed by atoms with Gasteiger partial charge in [0.15, 0.2) is 5.69 Å². The van der Waals surface area contributed by atoms with Crippen molar-refractivity contribution in [1.82, 2.24) is 15.1 Å². The smallest absolute Gasteiger partial charge is 0.325 e. The van der Waals surface area contributed by atoms with E-state index in [1.165, 1.54) is 17.7 Å². The Kier molecular flexibility index (Phi) is 4.09. The molecule has 1 atom stereocenters. The number of aryl methyl sites for hydroxylation is 1. The third kappa shape index (κ3) is 2.77. The molecule has 0 saturated heterocycles. The molecule has 1 aliphatic rings. The zero-order valence-corrected chi connectivity index (χ0v) is 13.5. The third-order valence-electron chi connectivity index (χ3n) is 4.19. The summed E-state index contributed by atoms with van der Waals surface area (Å²) >= 11 is 0. The van der Waals surface area contributed by atoms with Crippen molar-refractivity contribution in [2.75, 3.05) is 0 Å². The molecular weight excluding hydrogens is 313 g/mol. The lowest BCUT2D eigenvalue weighted by Gasteiger charge is -2.09. The quantitative estimate of drug-likeness (QED) is 0.897. The Morgan fingerprint density at radius 1 is 1.38 bits per heavy atom. The highest BCUT2D eigenvalue weighted by atomic mass is 19.1. The number of rotatable bonds is 4. The number of aliphatic carboxylic acids is 1. The lowest BCUT2D eigenvalue weighted by Crippen LogP contribution is -2.38. The fourth-order valence-electron chi connectivity index (χ4n) is 2.93. The van der Waals surface area contributed by atoms with Gasteiger partial charge >= 0.3 is 5.97 Å². The van der Waals surface area contributed by atoms with Gasteiger partial charge in [-0.1, -0.05) is 6.07 Å². The summed E-state index contributed by atoms with van der Waals surface area (Å²) in [6, 6.07) is 3.71. The number of halogens is 1. The molecule has 0 fully saturated rings. The summed E-state index contributed by atoms with van der Waals surface area (Å²) in [7, 11) is 0. The Morgan fingerprint density at radius 2 is 2.12 bits per heavy atom. The number of carbonyl (C=O) groups excluding carboxylic acids is 1. The van der Waals surface area contributed by atoms with E-state index in [0.29, 0.717) is 18.5 Å². The number of carboxylic acids is 1. The van der Waals surface area contributed by atoms with Gasteiger partial charge in [0.1, 0.15) is 17.5 Å². The number of fused-ring (bicyclic) bond motifs is 1. The van der Waals surface area contributed by atoms with Gasteiger partial charge in [-0.05, 0) is 50.8 Å². The molecule has 1 heterocycles. The number of hydrogen-bond acceptors (Lipinski definition) is 3. The number of carbonyl (C=O) groups is 2. The van der Waals surface area contributed by atoms with Crippen molar-refractivity contribution < 1.29 is 19.1 Å². The van der Waals surface area contributed by atoms with Crippen molar-refractivity contribution in [1.29, 1.82) is 0 Å². The minimum atomic E-state index is -1.12. The monoisotopic (exact) mass is 331 g/mol. The fraction of sp³-hybridized carbons (Fsp3) is 0.353. The molecule has 3 rings (SSSR count). The Labute approximate surface area is 138 Å². The maximum absolute atomic E-state index is 14.2. The van der Waals surface area contributed by atoms with E-state index in [0.717, 1.165) is 23.2 Å². The van der Waals surface area contributed by atoms with Crippen LogP contribution in [0.3, 0.4) is 0 Å². The maximum atomic E-state index is 14.2. The molecule has 0 bridgehead atoms. The molecule has 1 aromatic carbocycles. The summed E-state index contributed by atoms with van der Waals surface area (Å²) in [5.74, 6) is -2.08. The third-order valence-corrected chi connectivity index (χ3v) is 4.19. The van der Waals surface area contributed by atoms with E-state index in [4.69, 9.17) is 5.11 Å². The predicted molar refractivity (Wildman–Crippen MR) is 84.8 cm³/mol. The van der Waals surface area contributed by atoms with E-state index in [2.05, 4.69) is 10.4 Å². The maximum Gasteiger partial charge on any atom is 0.325 e. The summed E-state index contributed by atoms with van der Waals surface area (Å²) in [4.78, 5) is 23.3. The lowest BCUT2D eigenvalue weighted by atomic mass is 10.1. The summed E-state index contributed by atoms with van der Waals surface area (Å²) < 4.78 is 15.7. The van der Waals surface area contributed by atoms with E-state index in [9.17, 15) is 14.0 Å². The Bertz CT molecular complexity index is 829. The van der Waals surface area contributed by atoms with Gasteiger partial charge in [0, 0.05) is 11.3 Å². The topological polar surface area (TPSA) is 84.2 Å². The molecule has 1 amide bonds. The second-order valence-electron chi connectivity index (χ2n) is 6.03. The summed E-state index contributed by atoms with van der Waals surface area (Å²) in [5.41, 5.74) is 2.95. The number of benzene rings is 1. The van der Waals surface area contributed by atoms with Gasteiger partial charge in [0.25, 0.3) is 5.91 Å². The molecule has 1 aromatic heterocycles. The molecule has 0 radical (unpaired) electrons. The van der Waals surface area contributed by atoms with Gasteiger partial charge in [0.2, 0.25) is 0 Å². The van der Waals surface area contributed by atoms with Crippen molar-refractivity contribution >= 4 is 11.9 Å². The van der Waals surface area contributed by atoms with E-state index < -0.39 is 23.7 Å². The summed E-state index contributed by atoms with van der Waals surface area (Å²) in [6.07, 6.45) is 2.24. The highest BCUT2D eigenvalue weighted by Crippen LogP contribution is 2.29. The number of nitrogens with zero attached hydrogens (tertiary/aromatic N) is 2. The lowest BCUT2D eigenvalue weighted by molar-refractivity contribution is -0.138. The molecule has 2 aromatic rings. The molecule has 1 unspecified atom stereocenters. The van der Waals surface area contributed by atoms with Gasteiger partial charge in [-0.15, -0.1) is 0 Å². The van der Waals surface area contributed by atoms with Crippen molar-refractivity contribution in [2.45, 2.75) is 39.2 Å². The van der Waals surface area contributed by atoms with Crippen LogP contribution in [0.4, 0.5) is 4.39 Å². The first-order valence-corrected chi connectivity index (χ1v) is 7.79.